The molecule has 1 atom stereocenters. The van der Waals surface area contributed by atoms with Gasteiger partial charge < -0.3 is 24.9 Å². The SMILES string of the molecule is COC(=O)c1[nH]c2ccccc2c1CC(NC(=O)OC(C)(C)C)C(=O)O. The van der Waals surface area contributed by atoms with E-state index in [0.29, 0.717) is 16.5 Å². The van der Waals surface area contributed by atoms with Crippen LogP contribution in [-0.2, 0) is 20.7 Å². The standard InChI is InChI=1S/C18H22N2O6/c1-18(2,3)26-17(24)20-13(15(21)22)9-11-10-7-5-6-8-12(10)19-14(11)16(23)25-4/h5-8,13,19H,9H2,1-4H3,(H,20,24)(H,21,22). The summed E-state index contributed by atoms with van der Waals surface area (Å²) in [7, 11) is 1.24. The van der Waals surface area contributed by atoms with Crippen molar-refractivity contribution in [3.8, 4) is 0 Å². The Morgan fingerprint density at radius 3 is 2.46 bits per heavy atom. The quantitative estimate of drug-likeness (QED) is 0.703. The van der Waals surface area contributed by atoms with Crippen LogP contribution in [0.2, 0.25) is 0 Å². The van der Waals surface area contributed by atoms with Crippen LogP contribution < -0.4 is 5.32 Å². The minimum Gasteiger partial charge on any atom is -0.480 e. The van der Waals surface area contributed by atoms with E-state index in [1.165, 1.54) is 7.11 Å². The number of aromatic nitrogens is 1. The van der Waals surface area contributed by atoms with E-state index in [1.807, 2.05) is 0 Å². The third kappa shape index (κ3) is 4.53. The van der Waals surface area contributed by atoms with E-state index in [9.17, 15) is 19.5 Å². The zero-order chi connectivity index (χ0) is 19.5. The van der Waals surface area contributed by atoms with Crippen LogP contribution >= 0.6 is 0 Å². The summed E-state index contributed by atoms with van der Waals surface area (Å²) >= 11 is 0. The van der Waals surface area contributed by atoms with Crippen LogP contribution in [-0.4, -0.2) is 46.9 Å². The van der Waals surface area contributed by atoms with Gasteiger partial charge in [0.05, 0.1) is 7.11 Å². The van der Waals surface area contributed by atoms with Crippen LogP contribution in [0.15, 0.2) is 24.3 Å². The van der Waals surface area contributed by atoms with Crippen molar-refractivity contribution in [1.29, 1.82) is 0 Å². The van der Waals surface area contributed by atoms with Crippen LogP contribution in [0.3, 0.4) is 0 Å². The smallest absolute Gasteiger partial charge is 0.408 e. The number of hydrogen-bond donors (Lipinski definition) is 3. The van der Waals surface area contributed by atoms with Gasteiger partial charge in [-0.05, 0) is 32.4 Å². The lowest BCUT2D eigenvalue weighted by Crippen LogP contribution is -2.44. The van der Waals surface area contributed by atoms with Gasteiger partial charge in [-0.1, -0.05) is 18.2 Å². The monoisotopic (exact) mass is 362 g/mol. The number of nitrogens with one attached hydrogen (secondary N) is 2. The fourth-order valence-corrected chi connectivity index (χ4v) is 2.54. The molecule has 8 heteroatoms. The third-order valence-electron chi connectivity index (χ3n) is 3.60. The van der Waals surface area contributed by atoms with Crippen LogP contribution in [0.1, 0.15) is 36.8 Å². The number of amides is 1. The van der Waals surface area contributed by atoms with Gasteiger partial charge in [-0.25, -0.2) is 14.4 Å². The number of para-hydroxylation sites is 1. The molecule has 1 heterocycles. The zero-order valence-corrected chi connectivity index (χ0v) is 15.1. The first kappa shape index (κ1) is 19.3. The average Bonchev–Trinajstić information content (AvgIpc) is 2.90. The number of methoxy groups -OCH3 is 1. The fourth-order valence-electron chi connectivity index (χ4n) is 2.54. The molecule has 2 aromatic rings. The van der Waals surface area contributed by atoms with Crippen molar-refractivity contribution < 1.29 is 29.0 Å². The molecule has 0 aliphatic carbocycles. The number of aliphatic carboxylic acids is 1. The Balaban J connectivity index is 2.35. The molecule has 1 aromatic heterocycles. The fraction of sp³-hybridized carbons (Fsp3) is 0.389. The molecule has 0 aliphatic rings. The second-order valence-electron chi connectivity index (χ2n) is 6.76. The van der Waals surface area contributed by atoms with E-state index in [2.05, 4.69) is 10.3 Å². The Labute approximate surface area is 150 Å². The molecule has 0 bridgehead atoms. The lowest BCUT2D eigenvalue weighted by atomic mass is 10.0. The van der Waals surface area contributed by atoms with Crippen molar-refractivity contribution in [2.75, 3.05) is 7.11 Å². The van der Waals surface area contributed by atoms with Gasteiger partial charge in [0, 0.05) is 17.3 Å². The summed E-state index contributed by atoms with van der Waals surface area (Å²) < 4.78 is 9.88. The predicted molar refractivity (Wildman–Crippen MR) is 94.1 cm³/mol. The highest BCUT2D eigenvalue weighted by Crippen LogP contribution is 2.24. The van der Waals surface area contributed by atoms with E-state index in [0.717, 1.165) is 0 Å². The highest BCUT2D eigenvalue weighted by molar-refractivity contribution is 5.98. The van der Waals surface area contributed by atoms with Crippen LogP contribution in [0.25, 0.3) is 10.9 Å². The molecule has 0 radical (unpaired) electrons. The largest absolute Gasteiger partial charge is 0.480 e. The van der Waals surface area contributed by atoms with Gasteiger partial charge in [-0.3, -0.25) is 0 Å². The molecule has 0 aliphatic heterocycles. The molecule has 0 saturated heterocycles. The first-order chi connectivity index (χ1) is 12.1. The number of hydrogen-bond acceptors (Lipinski definition) is 5. The molecule has 2 rings (SSSR count). The maximum Gasteiger partial charge on any atom is 0.408 e. The maximum absolute atomic E-state index is 12.1. The maximum atomic E-state index is 12.1. The number of carbonyl (C=O) groups is 3. The summed E-state index contributed by atoms with van der Waals surface area (Å²) in [4.78, 5) is 38.6. The van der Waals surface area contributed by atoms with E-state index >= 15 is 0 Å². The second-order valence-corrected chi connectivity index (χ2v) is 6.76. The summed E-state index contributed by atoms with van der Waals surface area (Å²) in [5, 5.41) is 12.5. The normalized spacial score (nSPS) is 12.5. The van der Waals surface area contributed by atoms with Crippen molar-refractivity contribution in [2.45, 2.75) is 38.8 Å². The van der Waals surface area contributed by atoms with E-state index in [-0.39, 0.29) is 12.1 Å². The van der Waals surface area contributed by atoms with Crippen LogP contribution in [0, 0.1) is 0 Å². The zero-order valence-electron chi connectivity index (χ0n) is 15.1. The number of ether oxygens (including phenoxy) is 2. The predicted octanol–water partition coefficient (Wildman–Crippen LogP) is 2.47. The number of rotatable bonds is 5. The van der Waals surface area contributed by atoms with Gasteiger partial charge in [-0.15, -0.1) is 0 Å². The highest BCUT2D eigenvalue weighted by atomic mass is 16.6. The number of H-pyrrole nitrogens is 1. The van der Waals surface area contributed by atoms with Crippen molar-refractivity contribution in [3.63, 3.8) is 0 Å². The Kier molecular flexibility index (Phi) is 5.54. The van der Waals surface area contributed by atoms with E-state index in [4.69, 9.17) is 9.47 Å². The molecule has 0 fully saturated rings. The van der Waals surface area contributed by atoms with Gasteiger partial charge in [0.25, 0.3) is 0 Å². The van der Waals surface area contributed by atoms with Crippen molar-refractivity contribution in [1.82, 2.24) is 10.3 Å². The Bertz CT molecular complexity index is 834. The Morgan fingerprint density at radius 1 is 1.23 bits per heavy atom. The molecule has 140 valence electrons. The highest BCUT2D eigenvalue weighted by Gasteiger charge is 2.28. The van der Waals surface area contributed by atoms with Crippen LogP contribution in [0.4, 0.5) is 4.79 Å². The molecule has 26 heavy (non-hydrogen) atoms. The van der Waals surface area contributed by atoms with Crippen molar-refractivity contribution in [3.05, 3.63) is 35.5 Å². The van der Waals surface area contributed by atoms with Crippen molar-refractivity contribution in [2.24, 2.45) is 0 Å². The average molecular weight is 362 g/mol. The lowest BCUT2D eigenvalue weighted by molar-refractivity contribution is -0.139. The molecule has 0 spiro atoms. The minimum absolute atomic E-state index is 0.108. The number of fused-ring (bicyclic) bond motifs is 1. The number of carboxylic acids is 1. The first-order valence-corrected chi connectivity index (χ1v) is 8.02. The molecular formula is C18H22N2O6. The lowest BCUT2D eigenvalue weighted by Gasteiger charge is -2.22. The van der Waals surface area contributed by atoms with Gasteiger partial charge in [-0.2, -0.15) is 0 Å². The second kappa shape index (κ2) is 7.47. The Hall–Kier alpha value is -3.03. The molecular weight excluding hydrogens is 340 g/mol. The summed E-state index contributed by atoms with van der Waals surface area (Å²) in [6.07, 6.45) is -0.951. The number of carboxylic acid groups (broad SMARTS) is 1. The summed E-state index contributed by atoms with van der Waals surface area (Å²) in [5.74, 6) is -1.85. The Morgan fingerprint density at radius 2 is 1.88 bits per heavy atom. The molecule has 1 unspecified atom stereocenters. The number of benzene rings is 1. The first-order valence-electron chi connectivity index (χ1n) is 8.02. The number of alkyl carbamates (subject to hydrolysis) is 1. The summed E-state index contributed by atoms with van der Waals surface area (Å²) in [6.45, 7) is 5.03. The van der Waals surface area contributed by atoms with Gasteiger partial charge in [0.1, 0.15) is 17.3 Å². The minimum atomic E-state index is -1.27. The van der Waals surface area contributed by atoms with Gasteiger partial charge >= 0.3 is 18.0 Å². The molecule has 3 N–H and O–H groups in total. The number of esters is 1. The summed E-state index contributed by atoms with van der Waals surface area (Å²) in [6, 6.07) is 5.82. The number of carbonyl (C=O) groups excluding carboxylic acids is 2. The van der Waals surface area contributed by atoms with E-state index in [1.54, 1.807) is 45.0 Å². The number of aromatic amines is 1. The van der Waals surface area contributed by atoms with Gasteiger partial charge in [0.15, 0.2) is 0 Å². The molecule has 1 aromatic carbocycles. The van der Waals surface area contributed by atoms with Gasteiger partial charge in [0.2, 0.25) is 0 Å². The molecule has 1 amide bonds. The molecule has 0 saturated carbocycles. The third-order valence-corrected chi connectivity index (χ3v) is 3.60. The topological polar surface area (TPSA) is 118 Å². The molecule has 8 nitrogen and oxygen atoms in total. The van der Waals surface area contributed by atoms with Crippen LogP contribution in [0.5, 0.6) is 0 Å². The summed E-state index contributed by atoms with van der Waals surface area (Å²) in [5.41, 5.74) is 0.525. The van der Waals surface area contributed by atoms with E-state index < -0.39 is 29.7 Å². The van der Waals surface area contributed by atoms with Crippen molar-refractivity contribution >= 4 is 28.9 Å².